The lowest BCUT2D eigenvalue weighted by molar-refractivity contribution is 0.600. The summed E-state index contributed by atoms with van der Waals surface area (Å²) in [5.74, 6) is 0. The molecule has 1 heterocycles. The average molecular weight is 254 g/mol. The average Bonchev–Trinajstić information content (AvgIpc) is 3.20. The molecule has 1 aromatic carbocycles. The van der Waals surface area contributed by atoms with Crippen molar-refractivity contribution < 1.29 is 0 Å². The highest BCUT2D eigenvalue weighted by Gasteiger charge is 2.20. The maximum Gasteiger partial charge on any atom is 0.0482 e. The lowest BCUT2D eigenvalue weighted by atomic mass is 10.2. The molecule has 2 heteroatoms. The number of benzene rings is 1. The Balaban J connectivity index is 1.83. The number of hydrogen-bond donors (Lipinski definition) is 1. The molecule has 1 aliphatic carbocycles. The fourth-order valence-corrected chi connectivity index (χ4v) is 2.61. The second-order valence-corrected chi connectivity index (χ2v) is 5.43. The van der Waals surface area contributed by atoms with Crippen LogP contribution >= 0.6 is 0 Å². The highest BCUT2D eigenvalue weighted by Crippen LogP contribution is 2.23. The summed E-state index contributed by atoms with van der Waals surface area (Å²) in [6.45, 7) is 5.89. The van der Waals surface area contributed by atoms with Crippen molar-refractivity contribution in [1.29, 1.82) is 0 Å². The van der Waals surface area contributed by atoms with Crippen molar-refractivity contribution in [2.75, 3.05) is 0 Å². The molecule has 0 bridgehead atoms. The van der Waals surface area contributed by atoms with Crippen molar-refractivity contribution in [1.82, 2.24) is 9.88 Å². The SMILES string of the molecule is C=CCCCn1c(CNC2CC2)cc2ccccc21. The maximum absolute atomic E-state index is 3.81. The molecule has 0 saturated heterocycles. The Morgan fingerprint density at radius 3 is 2.95 bits per heavy atom. The summed E-state index contributed by atoms with van der Waals surface area (Å²) in [6, 6.07) is 11.8. The van der Waals surface area contributed by atoms with Gasteiger partial charge in [0.05, 0.1) is 0 Å². The number of fused-ring (bicyclic) bond motifs is 1. The van der Waals surface area contributed by atoms with Gasteiger partial charge in [-0.1, -0.05) is 24.3 Å². The highest BCUT2D eigenvalue weighted by atomic mass is 15.0. The molecule has 1 aromatic heterocycles. The van der Waals surface area contributed by atoms with Gasteiger partial charge in [0.2, 0.25) is 0 Å². The Morgan fingerprint density at radius 1 is 1.32 bits per heavy atom. The van der Waals surface area contributed by atoms with E-state index in [9.17, 15) is 0 Å². The lowest BCUT2D eigenvalue weighted by Gasteiger charge is -2.11. The molecule has 1 N–H and O–H groups in total. The van der Waals surface area contributed by atoms with Crippen LogP contribution in [0.2, 0.25) is 0 Å². The second kappa shape index (κ2) is 5.62. The number of aryl methyl sites for hydroxylation is 1. The number of rotatable bonds is 7. The molecule has 0 spiro atoms. The van der Waals surface area contributed by atoms with Crippen LogP contribution in [0.4, 0.5) is 0 Å². The van der Waals surface area contributed by atoms with Crippen LogP contribution in [0.3, 0.4) is 0 Å². The summed E-state index contributed by atoms with van der Waals surface area (Å²) in [5.41, 5.74) is 2.77. The monoisotopic (exact) mass is 254 g/mol. The van der Waals surface area contributed by atoms with Crippen molar-refractivity contribution >= 4 is 10.9 Å². The summed E-state index contributed by atoms with van der Waals surface area (Å²) in [4.78, 5) is 0. The molecule has 100 valence electrons. The topological polar surface area (TPSA) is 17.0 Å². The van der Waals surface area contributed by atoms with Crippen LogP contribution in [0, 0.1) is 0 Å². The van der Waals surface area contributed by atoms with E-state index in [-0.39, 0.29) is 0 Å². The summed E-state index contributed by atoms with van der Waals surface area (Å²) in [6.07, 6.45) is 6.95. The predicted octanol–water partition coefficient (Wildman–Crippen LogP) is 3.86. The van der Waals surface area contributed by atoms with Crippen LogP contribution in [0.1, 0.15) is 31.4 Å². The third kappa shape index (κ3) is 2.90. The Hall–Kier alpha value is -1.54. The van der Waals surface area contributed by atoms with Gasteiger partial charge in [0.25, 0.3) is 0 Å². The van der Waals surface area contributed by atoms with Gasteiger partial charge in [0, 0.05) is 30.3 Å². The zero-order chi connectivity index (χ0) is 13.1. The molecular formula is C17H22N2. The Kier molecular flexibility index (Phi) is 3.69. The largest absolute Gasteiger partial charge is 0.343 e. The molecule has 0 radical (unpaired) electrons. The molecule has 2 nitrogen and oxygen atoms in total. The van der Waals surface area contributed by atoms with E-state index in [0.717, 1.165) is 25.6 Å². The zero-order valence-corrected chi connectivity index (χ0v) is 11.4. The van der Waals surface area contributed by atoms with Crippen molar-refractivity contribution in [3.05, 3.63) is 48.7 Å². The van der Waals surface area contributed by atoms with Gasteiger partial charge < -0.3 is 9.88 Å². The third-order valence-corrected chi connectivity index (χ3v) is 3.84. The van der Waals surface area contributed by atoms with Crippen molar-refractivity contribution in [3.63, 3.8) is 0 Å². The van der Waals surface area contributed by atoms with Crippen LogP contribution in [0.25, 0.3) is 10.9 Å². The van der Waals surface area contributed by atoms with Gasteiger partial charge in [-0.2, -0.15) is 0 Å². The first-order valence-electron chi connectivity index (χ1n) is 7.30. The van der Waals surface area contributed by atoms with Crippen LogP contribution < -0.4 is 5.32 Å². The normalized spacial score (nSPS) is 14.9. The van der Waals surface area contributed by atoms with Crippen LogP contribution in [-0.2, 0) is 13.1 Å². The molecule has 1 saturated carbocycles. The number of hydrogen-bond acceptors (Lipinski definition) is 1. The van der Waals surface area contributed by atoms with Crippen LogP contribution in [0.15, 0.2) is 43.0 Å². The Labute approximate surface area is 115 Å². The van der Waals surface area contributed by atoms with Gasteiger partial charge in [-0.25, -0.2) is 0 Å². The number of unbranched alkanes of at least 4 members (excludes halogenated alkanes) is 1. The van der Waals surface area contributed by atoms with E-state index in [2.05, 4.69) is 46.8 Å². The van der Waals surface area contributed by atoms with Gasteiger partial charge in [0.1, 0.15) is 0 Å². The Bertz CT molecular complexity index is 564. The van der Waals surface area contributed by atoms with E-state index < -0.39 is 0 Å². The third-order valence-electron chi connectivity index (χ3n) is 3.84. The number of allylic oxidation sites excluding steroid dienone is 1. The first kappa shape index (κ1) is 12.5. The molecule has 1 aliphatic rings. The van der Waals surface area contributed by atoms with E-state index in [4.69, 9.17) is 0 Å². The number of nitrogens with one attached hydrogen (secondary N) is 1. The molecule has 3 rings (SSSR count). The van der Waals surface area contributed by atoms with E-state index >= 15 is 0 Å². The maximum atomic E-state index is 3.81. The lowest BCUT2D eigenvalue weighted by Crippen LogP contribution is -2.18. The molecule has 2 aromatic rings. The zero-order valence-electron chi connectivity index (χ0n) is 11.4. The summed E-state index contributed by atoms with van der Waals surface area (Å²) < 4.78 is 2.47. The molecule has 0 atom stereocenters. The summed E-state index contributed by atoms with van der Waals surface area (Å²) in [5, 5.41) is 4.98. The molecule has 19 heavy (non-hydrogen) atoms. The van der Waals surface area contributed by atoms with Crippen molar-refractivity contribution in [2.24, 2.45) is 0 Å². The van der Waals surface area contributed by atoms with Crippen molar-refractivity contribution in [2.45, 2.75) is 44.8 Å². The van der Waals surface area contributed by atoms with Crippen LogP contribution in [-0.4, -0.2) is 10.6 Å². The van der Waals surface area contributed by atoms with E-state index in [1.165, 1.54) is 35.9 Å². The fraction of sp³-hybridized carbons (Fsp3) is 0.412. The summed E-state index contributed by atoms with van der Waals surface area (Å²) >= 11 is 0. The van der Waals surface area contributed by atoms with Crippen LogP contribution in [0.5, 0.6) is 0 Å². The predicted molar refractivity (Wildman–Crippen MR) is 81.2 cm³/mol. The smallest absolute Gasteiger partial charge is 0.0482 e. The minimum Gasteiger partial charge on any atom is -0.343 e. The highest BCUT2D eigenvalue weighted by molar-refractivity contribution is 5.81. The van der Waals surface area contributed by atoms with Crippen molar-refractivity contribution in [3.8, 4) is 0 Å². The molecular weight excluding hydrogens is 232 g/mol. The molecule has 0 unspecified atom stereocenters. The number of aromatic nitrogens is 1. The van der Waals surface area contributed by atoms with Gasteiger partial charge in [0.15, 0.2) is 0 Å². The minimum atomic E-state index is 0.764. The fourth-order valence-electron chi connectivity index (χ4n) is 2.61. The van der Waals surface area contributed by atoms with Gasteiger partial charge in [-0.05, 0) is 43.2 Å². The molecule has 1 fully saturated rings. The van der Waals surface area contributed by atoms with E-state index in [1.54, 1.807) is 0 Å². The summed E-state index contributed by atoms with van der Waals surface area (Å²) in [7, 11) is 0. The van der Waals surface area contributed by atoms with Gasteiger partial charge in [-0.15, -0.1) is 6.58 Å². The number of nitrogens with zero attached hydrogens (tertiary/aromatic N) is 1. The first-order chi connectivity index (χ1) is 9.38. The van der Waals surface area contributed by atoms with Gasteiger partial charge in [-0.3, -0.25) is 0 Å². The minimum absolute atomic E-state index is 0.764. The standard InChI is InChI=1S/C17H22N2/c1-2-3-6-11-19-16(13-18-15-9-10-15)12-14-7-4-5-8-17(14)19/h2,4-5,7-8,12,15,18H,1,3,6,9-11,13H2. The van der Waals surface area contributed by atoms with Gasteiger partial charge >= 0.3 is 0 Å². The van der Waals surface area contributed by atoms with E-state index in [1.807, 2.05) is 6.08 Å². The Morgan fingerprint density at radius 2 is 2.16 bits per heavy atom. The molecule has 0 aliphatic heterocycles. The second-order valence-electron chi connectivity index (χ2n) is 5.43. The quantitative estimate of drug-likeness (QED) is 0.586. The van der Waals surface area contributed by atoms with E-state index in [0.29, 0.717) is 0 Å². The first-order valence-corrected chi connectivity index (χ1v) is 7.30. The molecule has 0 amide bonds. The number of para-hydroxylation sites is 1.